The van der Waals surface area contributed by atoms with Crippen LogP contribution in [0.5, 0.6) is 0 Å². The summed E-state index contributed by atoms with van der Waals surface area (Å²) in [7, 11) is -1.84. The van der Waals surface area contributed by atoms with Crippen molar-refractivity contribution in [1.29, 1.82) is 0 Å². The smallest absolute Gasteiger partial charge is 0.226 e. The fraction of sp³-hybridized carbons (Fsp3) is 0.872. The molecule has 274 valence electrons. The first kappa shape index (κ1) is 36.8. The van der Waals surface area contributed by atoms with Crippen molar-refractivity contribution in [2.75, 3.05) is 20.1 Å². The zero-order valence-corrected chi connectivity index (χ0v) is 31.1. The monoisotopic (exact) mass is 700 g/mol. The summed E-state index contributed by atoms with van der Waals surface area (Å²) in [4.78, 5) is 71.0. The van der Waals surface area contributed by atoms with Crippen molar-refractivity contribution in [2.45, 2.75) is 154 Å². The molecule has 0 spiro atoms. The average molecular weight is 701 g/mol. The zero-order valence-electron chi connectivity index (χ0n) is 30.3. The standard InChI is InChI=1S/C39H60N2O7S/c1-38(2)30-25-41-35(34(30)38)31(43)23-27(36(45)32(44)21-26-15-16-26)13-9-6-4-5-7-10-14-28(37(41)46)22-29(42)24-39(18-11-8-12-19-39)33-17-20-40(3)49(33,47)48/h26-28,30,33-35H,4-25H2,1-3H3/t27-,28-,30+,33+,34+,35-/m1/s1. The predicted octanol–water partition coefficient (Wildman–Crippen LogP) is 6.07. The summed E-state index contributed by atoms with van der Waals surface area (Å²) in [6.45, 7) is 5.25. The third-order valence-corrected chi connectivity index (χ3v) is 16.4. The molecule has 3 saturated heterocycles. The molecule has 0 aromatic rings. The van der Waals surface area contributed by atoms with E-state index in [0.717, 1.165) is 83.5 Å². The van der Waals surface area contributed by atoms with Gasteiger partial charge in [0.2, 0.25) is 21.7 Å². The molecule has 0 bridgehead atoms. The second-order valence-electron chi connectivity index (χ2n) is 17.6. The quantitative estimate of drug-likeness (QED) is 0.268. The van der Waals surface area contributed by atoms with Gasteiger partial charge in [-0.25, -0.2) is 12.7 Å². The van der Waals surface area contributed by atoms with Gasteiger partial charge in [-0.1, -0.05) is 71.6 Å². The lowest BCUT2D eigenvalue weighted by Gasteiger charge is -2.41. The number of carbonyl (C=O) groups excluding carboxylic acids is 5. The molecule has 0 aromatic heterocycles. The van der Waals surface area contributed by atoms with Crippen molar-refractivity contribution in [3.8, 4) is 0 Å². The Hall–Kier alpha value is -1.94. The number of Topliss-reactive ketones (excluding diaryl/α,β-unsaturated/α-hetero) is 4. The highest BCUT2D eigenvalue weighted by Gasteiger charge is 2.69. The lowest BCUT2D eigenvalue weighted by molar-refractivity contribution is -0.146. The molecule has 3 aliphatic heterocycles. The molecule has 0 N–H and O–H groups in total. The van der Waals surface area contributed by atoms with Crippen LogP contribution in [0.1, 0.15) is 142 Å². The Kier molecular flexibility index (Phi) is 11.0. The van der Waals surface area contributed by atoms with Crippen LogP contribution in [-0.4, -0.2) is 78.1 Å². The molecule has 3 aliphatic carbocycles. The summed E-state index contributed by atoms with van der Waals surface area (Å²) in [6.07, 6.45) is 14.0. The number of carbonyl (C=O) groups is 5. The van der Waals surface area contributed by atoms with Crippen LogP contribution in [0.2, 0.25) is 0 Å². The Bertz CT molecular complexity index is 1410. The molecule has 0 unspecified atom stereocenters. The number of nitrogens with zero attached hydrogens (tertiary/aromatic N) is 2. The second kappa shape index (κ2) is 14.6. The largest absolute Gasteiger partial charge is 0.332 e. The van der Waals surface area contributed by atoms with Gasteiger partial charge in [0.1, 0.15) is 5.78 Å². The Morgan fingerprint density at radius 1 is 0.816 bits per heavy atom. The summed E-state index contributed by atoms with van der Waals surface area (Å²) >= 11 is 0. The SMILES string of the molecule is CN1CC[C@@H](C2(CC(=O)C[C@H]3CCCCCCCC[C@@H](C(=O)C(=O)CC4CC4)CC(=O)[C@@H]4[C@@H]5[C@H](CN4C3=O)C5(C)C)CCCCC2)S1(=O)=O. The zero-order chi connectivity index (χ0) is 35.1. The lowest BCUT2D eigenvalue weighted by atomic mass is 9.67. The number of hydrogen-bond donors (Lipinski definition) is 0. The number of hydrogen-bond acceptors (Lipinski definition) is 7. The van der Waals surface area contributed by atoms with E-state index >= 15 is 0 Å². The minimum Gasteiger partial charge on any atom is -0.332 e. The molecule has 49 heavy (non-hydrogen) atoms. The Labute approximate surface area is 294 Å². The van der Waals surface area contributed by atoms with Gasteiger partial charge in [0.25, 0.3) is 0 Å². The van der Waals surface area contributed by atoms with Gasteiger partial charge in [-0.05, 0) is 73.5 Å². The minimum atomic E-state index is -3.48. The van der Waals surface area contributed by atoms with Crippen molar-refractivity contribution >= 4 is 39.1 Å². The summed E-state index contributed by atoms with van der Waals surface area (Å²) in [5.41, 5.74) is -0.669. The molecule has 6 rings (SSSR count). The molecule has 3 saturated carbocycles. The normalized spacial score (nSPS) is 35.1. The first-order valence-electron chi connectivity index (χ1n) is 19.6. The number of amides is 1. The van der Waals surface area contributed by atoms with E-state index in [1.165, 1.54) is 4.31 Å². The van der Waals surface area contributed by atoms with E-state index in [9.17, 15) is 32.4 Å². The topological polar surface area (TPSA) is 126 Å². The highest BCUT2D eigenvalue weighted by atomic mass is 32.2. The van der Waals surface area contributed by atoms with E-state index < -0.39 is 44.3 Å². The van der Waals surface area contributed by atoms with Crippen LogP contribution in [0, 0.1) is 40.4 Å². The Balaban J connectivity index is 1.22. The van der Waals surface area contributed by atoms with Gasteiger partial charge in [0.15, 0.2) is 11.6 Å². The Morgan fingerprint density at radius 3 is 2.08 bits per heavy atom. The summed E-state index contributed by atoms with van der Waals surface area (Å²) in [5, 5.41) is -0.556. The van der Waals surface area contributed by atoms with Crippen molar-refractivity contribution in [2.24, 2.45) is 40.4 Å². The van der Waals surface area contributed by atoms with Crippen LogP contribution in [0.15, 0.2) is 0 Å². The maximum Gasteiger partial charge on any atom is 0.226 e. The number of sulfonamides is 1. The van der Waals surface area contributed by atoms with Crippen molar-refractivity contribution in [1.82, 2.24) is 9.21 Å². The first-order chi connectivity index (χ1) is 23.3. The van der Waals surface area contributed by atoms with Gasteiger partial charge in [-0.2, -0.15) is 0 Å². The van der Waals surface area contributed by atoms with E-state index in [4.69, 9.17) is 0 Å². The fourth-order valence-corrected chi connectivity index (χ4v) is 12.7. The van der Waals surface area contributed by atoms with Crippen LogP contribution in [0.3, 0.4) is 0 Å². The number of piperidine rings is 1. The average Bonchev–Trinajstić information content (AvgIpc) is 3.86. The van der Waals surface area contributed by atoms with Gasteiger partial charge in [0, 0.05) is 57.7 Å². The van der Waals surface area contributed by atoms with E-state index in [2.05, 4.69) is 13.8 Å². The van der Waals surface area contributed by atoms with Crippen molar-refractivity contribution < 1.29 is 32.4 Å². The molecule has 3 heterocycles. The first-order valence-corrected chi connectivity index (χ1v) is 21.1. The Morgan fingerprint density at radius 2 is 1.45 bits per heavy atom. The summed E-state index contributed by atoms with van der Waals surface area (Å²) in [6, 6.07) is -0.632. The maximum atomic E-state index is 14.5. The molecule has 0 aromatic carbocycles. The van der Waals surface area contributed by atoms with Crippen LogP contribution in [0.25, 0.3) is 0 Å². The predicted molar refractivity (Wildman–Crippen MR) is 187 cm³/mol. The van der Waals surface area contributed by atoms with Crippen LogP contribution in [0.4, 0.5) is 0 Å². The number of ketones is 4. The van der Waals surface area contributed by atoms with Crippen LogP contribution in [-0.2, 0) is 34.0 Å². The molecule has 1 amide bonds. The molecular weight excluding hydrogens is 641 g/mol. The van der Waals surface area contributed by atoms with Crippen LogP contribution < -0.4 is 0 Å². The third kappa shape index (κ3) is 7.66. The molecule has 0 radical (unpaired) electrons. The molecule has 10 heteroatoms. The molecule has 6 aliphatic rings. The highest BCUT2D eigenvalue weighted by Crippen LogP contribution is 2.65. The number of fused-ring (bicyclic) bond motifs is 3. The molecule has 9 nitrogen and oxygen atoms in total. The molecule has 6 fully saturated rings. The van der Waals surface area contributed by atoms with Gasteiger partial charge in [-0.15, -0.1) is 0 Å². The third-order valence-electron chi connectivity index (χ3n) is 13.8. The lowest BCUT2D eigenvalue weighted by Crippen LogP contribution is -2.49. The maximum absolute atomic E-state index is 14.5. The molecule has 6 atom stereocenters. The highest BCUT2D eigenvalue weighted by molar-refractivity contribution is 7.90. The van der Waals surface area contributed by atoms with Crippen molar-refractivity contribution in [3.05, 3.63) is 0 Å². The van der Waals surface area contributed by atoms with Gasteiger partial charge in [-0.3, -0.25) is 24.0 Å². The van der Waals surface area contributed by atoms with E-state index in [1.807, 2.05) is 0 Å². The fourth-order valence-electron chi connectivity index (χ4n) is 10.5. The van der Waals surface area contributed by atoms with E-state index in [1.54, 1.807) is 11.9 Å². The van der Waals surface area contributed by atoms with Gasteiger partial charge >= 0.3 is 0 Å². The van der Waals surface area contributed by atoms with Gasteiger partial charge < -0.3 is 4.90 Å². The van der Waals surface area contributed by atoms with Gasteiger partial charge in [0.05, 0.1) is 11.3 Å². The van der Waals surface area contributed by atoms with Crippen LogP contribution >= 0.6 is 0 Å². The summed E-state index contributed by atoms with van der Waals surface area (Å²) in [5.74, 6) is -1.67. The number of rotatable bonds is 9. The molecular formula is C39H60N2O7S. The van der Waals surface area contributed by atoms with E-state index in [0.29, 0.717) is 38.3 Å². The van der Waals surface area contributed by atoms with E-state index in [-0.39, 0.29) is 66.2 Å². The minimum absolute atomic E-state index is 0.000583. The summed E-state index contributed by atoms with van der Waals surface area (Å²) < 4.78 is 28.2. The second-order valence-corrected chi connectivity index (χ2v) is 19.8. The van der Waals surface area contributed by atoms with Crippen molar-refractivity contribution in [3.63, 3.8) is 0 Å².